The van der Waals surface area contributed by atoms with Crippen molar-refractivity contribution in [2.45, 2.75) is 19.5 Å². The number of urea groups is 1. The SMILES string of the molecule is CCOC(=O)C1=C(Cn2c(Cl)nc3c2c(=O)n(C)c(=O)n3C)N(C)C(=O)N[C@H]1c1ccc(OC)cc1. The number of allylic oxidation sites excluding steroid dienone is 1. The number of carbonyl (C=O) groups is 2. The van der Waals surface area contributed by atoms with E-state index in [1.807, 2.05) is 0 Å². The fourth-order valence-corrected chi connectivity index (χ4v) is 4.38. The monoisotopic (exact) mass is 516 g/mol. The number of imidazole rings is 1. The van der Waals surface area contributed by atoms with Crippen LogP contribution in [0.25, 0.3) is 11.2 Å². The maximum atomic E-state index is 13.2. The van der Waals surface area contributed by atoms with E-state index in [4.69, 9.17) is 21.1 Å². The minimum atomic E-state index is -0.839. The Morgan fingerprint density at radius 1 is 1.11 bits per heavy atom. The molecular weight excluding hydrogens is 492 g/mol. The van der Waals surface area contributed by atoms with Gasteiger partial charge in [0.05, 0.1) is 37.6 Å². The zero-order chi connectivity index (χ0) is 26.3. The minimum absolute atomic E-state index is 0.0562. The van der Waals surface area contributed by atoms with Crippen molar-refractivity contribution in [1.29, 1.82) is 0 Å². The second-order valence-corrected chi connectivity index (χ2v) is 8.48. The summed E-state index contributed by atoms with van der Waals surface area (Å²) in [4.78, 5) is 57.0. The Morgan fingerprint density at radius 3 is 2.39 bits per heavy atom. The largest absolute Gasteiger partial charge is 0.497 e. The zero-order valence-electron chi connectivity index (χ0n) is 20.4. The smallest absolute Gasteiger partial charge is 0.338 e. The van der Waals surface area contributed by atoms with Gasteiger partial charge in [-0.1, -0.05) is 12.1 Å². The summed E-state index contributed by atoms with van der Waals surface area (Å²) in [6, 6.07) is 5.59. The molecule has 1 aliphatic rings. The van der Waals surface area contributed by atoms with E-state index in [0.29, 0.717) is 11.3 Å². The number of hydrogen-bond acceptors (Lipinski definition) is 7. The normalized spacial score (nSPS) is 15.9. The van der Waals surface area contributed by atoms with E-state index in [2.05, 4.69) is 10.3 Å². The molecule has 0 unspecified atom stereocenters. The molecule has 3 heterocycles. The molecule has 1 N–H and O–H groups in total. The second kappa shape index (κ2) is 9.53. The molecule has 0 saturated carbocycles. The van der Waals surface area contributed by atoms with E-state index in [-0.39, 0.29) is 40.9 Å². The highest BCUT2D eigenvalue weighted by atomic mass is 35.5. The highest BCUT2D eigenvalue weighted by Gasteiger charge is 2.37. The summed E-state index contributed by atoms with van der Waals surface area (Å²) in [6.45, 7) is 1.63. The van der Waals surface area contributed by atoms with Crippen LogP contribution in [0, 0.1) is 0 Å². The Kier molecular flexibility index (Phi) is 6.63. The number of likely N-dealkylation sites (N-methyl/N-ethyl adjacent to an activating group) is 1. The minimum Gasteiger partial charge on any atom is -0.497 e. The molecule has 3 aromatic rings. The first-order chi connectivity index (χ1) is 17.1. The molecule has 1 aliphatic heterocycles. The number of methoxy groups -OCH3 is 1. The Morgan fingerprint density at radius 2 is 1.78 bits per heavy atom. The fraction of sp³-hybridized carbons (Fsp3) is 0.348. The van der Waals surface area contributed by atoms with Crippen LogP contribution in [0.4, 0.5) is 4.79 Å². The third-order valence-electron chi connectivity index (χ3n) is 6.13. The summed E-state index contributed by atoms with van der Waals surface area (Å²) in [5, 5.41) is 2.74. The summed E-state index contributed by atoms with van der Waals surface area (Å²) < 4.78 is 14.1. The van der Waals surface area contributed by atoms with Gasteiger partial charge < -0.3 is 19.4 Å². The van der Waals surface area contributed by atoms with E-state index in [0.717, 1.165) is 4.57 Å². The lowest BCUT2D eigenvalue weighted by Gasteiger charge is -2.35. The number of amides is 2. The third kappa shape index (κ3) is 4.02. The molecule has 1 aromatic carbocycles. The molecule has 13 heteroatoms. The van der Waals surface area contributed by atoms with Gasteiger partial charge in [0.2, 0.25) is 5.28 Å². The van der Waals surface area contributed by atoms with Crippen LogP contribution in [0.1, 0.15) is 18.5 Å². The van der Waals surface area contributed by atoms with Gasteiger partial charge in [-0.05, 0) is 36.2 Å². The number of aromatic nitrogens is 4. The maximum Gasteiger partial charge on any atom is 0.338 e. The molecule has 2 aromatic heterocycles. The lowest BCUT2D eigenvalue weighted by atomic mass is 9.94. The molecule has 0 radical (unpaired) electrons. The predicted octanol–water partition coefficient (Wildman–Crippen LogP) is 1.31. The molecule has 0 spiro atoms. The fourth-order valence-electron chi connectivity index (χ4n) is 4.16. The number of nitrogens with one attached hydrogen (secondary N) is 1. The standard InChI is InChI=1S/C23H25ClN6O6/c1-6-36-20(32)15-14(27(2)22(33)25-16(15)12-7-9-13(35-5)10-8-12)11-30-17-18(26-21(30)24)28(3)23(34)29(4)19(17)31/h7-10,16H,6,11H2,1-5H3,(H,25,33)/t16-/m0/s1. The maximum absolute atomic E-state index is 13.2. The molecule has 190 valence electrons. The van der Waals surface area contributed by atoms with Crippen molar-refractivity contribution in [2.24, 2.45) is 14.1 Å². The van der Waals surface area contributed by atoms with Gasteiger partial charge in [0, 0.05) is 21.1 Å². The molecule has 4 rings (SSSR count). The van der Waals surface area contributed by atoms with Gasteiger partial charge in [-0.2, -0.15) is 4.98 Å². The van der Waals surface area contributed by atoms with Gasteiger partial charge in [-0.15, -0.1) is 0 Å². The van der Waals surface area contributed by atoms with E-state index < -0.39 is 29.3 Å². The summed E-state index contributed by atoms with van der Waals surface area (Å²) in [5.74, 6) is -0.0287. The van der Waals surface area contributed by atoms with Gasteiger partial charge in [0.15, 0.2) is 11.2 Å². The third-order valence-corrected chi connectivity index (χ3v) is 6.42. The van der Waals surface area contributed by atoms with E-state index in [9.17, 15) is 19.2 Å². The van der Waals surface area contributed by atoms with Crippen molar-refractivity contribution in [3.05, 3.63) is 67.2 Å². The van der Waals surface area contributed by atoms with Crippen molar-refractivity contribution in [3.63, 3.8) is 0 Å². The van der Waals surface area contributed by atoms with Gasteiger partial charge >= 0.3 is 17.7 Å². The predicted molar refractivity (Wildman–Crippen MR) is 131 cm³/mol. The zero-order valence-corrected chi connectivity index (χ0v) is 21.1. The highest BCUT2D eigenvalue weighted by molar-refractivity contribution is 6.29. The molecule has 0 fully saturated rings. The number of carbonyl (C=O) groups excluding carboxylic acids is 2. The topological polar surface area (TPSA) is 130 Å². The van der Waals surface area contributed by atoms with Crippen LogP contribution in [-0.2, 0) is 30.2 Å². The summed E-state index contributed by atoms with van der Waals surface area (Å²) in [6.07, 6.45) is 0. The second-order valence-electron chi connectivity index (χ2n) is 8.14. The van der Waals surface area contributed by atoms with E-state index >= 15 is 0 Å². The molecular formula is C23H25ClN6O6. The molecule has 36 heavy (non-hydrogen) atoms. The van der Waals surface area contributed by atoms with Crippen LogP contribution in [-0.4, -0.2) is 56.3 Å². The number of esters is 1. The van der Waals surface area contributed by atoms with Crippen LogP contribution in [0.3, 0.4) is 0 Å². The van der Waals surface area contributed by atoms with E-state index in [1.54, 1.807) is 31.2 Å². The van der Waals surface area contributed by atoms with Crippen LogP contribution >= 0.6 is 11.6 Å². The highest BCUT2D eigenvalue weighted by Crippen LogP contribution is 2.33. The Balaban J connectivity index is 1.96. The molecule has 0 aliphatic carbocycles. The van der Waals surface area contributed by atoms with Crippen molar-refractivity contribution in [3.8, 4) is 5.75 Å². The lowest BCUT2D eigenvalue weighted by molar-refractivity contribution is -0.139. The van der Waals surface area contributed by atoms with Crippen molar-refractivity contribution in [2.75, 3.05) is 20.8 Å². The van der Waals surface area contributed by atoms with Crippen molar-refractivity contribution >= 4 is 34.8 Å². The first-order valence-electron chi connectivity index (χ1n) is 11.0. The molecule has 1 atom stereocenters. The number of benzene rings is 1. The first kappa shape index (κ1) is 25.0. The number of rotatable bonds is 6. The number of nitrogens with zero attached hydrogens (tertiary/aromatic N) is 5. The van der Waals surface area contributed by atoms with Gasteiger partial charge in [-0.25, -0.2) is 14.4 Å². The average molecular weight is 517 g/mol. The number of aryl methyl sites for hydroxylation is 1. The number of fused-ring (bicyclic) bond motifs is 1. The van der Waals surface area contributed by atoms with Crippen LogP contribution < -0.4 is 21.3 Å². The Labute approximate surface area is 210 Å². The average Bonchev–Trinajstić information content (AvgIpc) is 3.20. The summed E-state index contributed by atoms with van der Waals surface area (Å²) in [7, 11) is 5.85. The summed E-state index contributed by atoms with van der Waals surface area (Å²) >= 11 is 6.41. The van der Waals surface area contributed by atoms with Crippen molar-refractivity contribution < 1.29 is 19.1 Å². The Bertz CT molecular complexity index is 1520. The van der Waals surface area contributed by atoms with Crippen LogP contribution in [0.2, 0.25) is 5.28 Å². The van der Waals surface area contributed by atoms with E-state index in [1.165, 1.54) is 42.3 Å². The Hall–Kier alpha value is -4.06. The lowest BCUT2D eigenvalue weighted by Crippen LogP contribution is -2.47. The van der Waals surface area contributed by atoms with Crippen LogP contribution in [0.5, 0.6) is 5.75 Å². The number of ether oxygens (including phenoxy) is 2. The van der Waals surface area contributed by atoms with Gasteiger partial charge in [0.1, 0.15) is 5.75 Å². The number of halogens is 1. The molecule has 0 saturated heterocycles. The first-order valence-corrected chi connectivity index (χ1v) is 11.4. The van der Waals surface area contributed by atoms with Gasteiger partial charge in [-0.3, -0.25) is 18.8 Å². The number of hydrogen-bond donors (Lipinski definition) is 1. The van der Waals surface area contributed by atoms with Gasteiger partial charge in [0.25, 0.3) is 5.56 Å². The molecule has 2 amide bonds. The van der Waals surface area contributed by atoms with Crippen LogP contribution in [0.15, 0.2) is 45.1 Å². The molecule has 0 bridgehead atoms. The van der Waals surface area contributed by atoms with Crippen molar-refractivity contribution in [1.82, 2.24) is 28.9 Å². The summed E-state index contributed by atoms with van der Waals surface area (Å²) in [5.41, 5.74) is 0.0209. The molecule has 12 nitrogen and oxygen atoms in total. The quantitative estimate of drug-likeness (QED) is 0.386.